The van der Waals surface area contributed by atoms with Crippen LogP contribution >= 0.6 is 0 Å². The number of carbonyl (C=O) groups excluding carboxylic acids is 1. The quantitative estimate of drug-likeness (QED) is 0.0714. The van der Waals surface area contributed by atoms with Gasteiger partial charge in [-0.2, -0.15) is 0 Å². The van der Waals surface area contributed by atoms with Gasteiger partial charge in [-0.15, -0.1) is 0 Å². The van der Waals surface area contributed by atoms with Gasteiger partial charge in [0.2, 0.25) is 0 Å². The molecule has 46 heavy (non-hydrogen) atoms. The van der Waals surface area contributed by atoms with Crippen LogP contribution in [0.3, 0.4) is 0 Å². The summed E-state index contributed by atoms with van der Waals surface area (Å²) < 4.78 is 7.75. The maximum Gasteiger partial charge on any atom is 0.338 e. The summed E-state index contributed by atoms with van der Waals surface area (Å²) in [5.74, 6) is -0.227. The number of carbonyl (C=O) groups is 2. The van der Waals surface area contributed by atoms with Crippen LogP contribution in [0.5, 0.6) is 0 Å². The van der Waals surface area contributed by atoms with Gasteiger partial charge in [-0.25, -0.2) is 14.6 Å². The van der Waals surface area contributed by atoms with Crippen molar-refractivity contribution < 1.29 is 19.4 Å². The Morgan fingerprint density at radius 3 is 1.96 bits per heavy atom. The molecule has 0 fully saturated rings. The molecule has 2 aromatic carbocycles. The maximum absolute atomic E-state index is 12.6. The van der Waals surface area contributed by atoms with Crippen LogP contribution in [0.1, 0.15) is 154 Å². The van der Waals surface area contributed by atoms with Gasteiger partial charge < -0.3 is 19.7 Å². The van der Waals surface area contributed by atoms with Crippen molar-refractivity contribution in [1.82, 2.24) is 9.55 Å². The molecule has 0 unspecified atom stereocenters. The third-order valence-corrected chi connectivity index (χ3v) is 8.65. The highest BCUT2D eigenvalue weighted by Gasteiger charge is 2.14. The third-order valence-electron chi connectivity index (χ3n) is 8.65. The molecule has 0 saturated carbocycles. The van der Waals surface area contributed by atoms with Crippen molar-refractivity contribution in [2.45, 2.75) is 136 Å². The number of rotatable bonds is 25. The number of aromatic carboxylic acids is 1. The third kappa shape index (κ3) is 13.4. The van der Waals surface area contributed by atoms with Crippen LogP contribution in [0.25, 0.3) is 0 Å². The van der Waals surface area contributed by atoms with Gasteiger partial charge in [0.05, 0.1) is 36.2 Å². The number of unbranched alkanes of at least 4 members (excludes halogenated alkanes) is 14. The molecule has 1 aromatic heterocycles. The first-order valence-electron chi connectivity index (χ1n) is 17.9. The monoisotopic (exact) mass is 631 g/mol. The number of nitrogens with zero attached hydrogens (tertiary/aromatic N) is 2. The number of anilines is 1. The number of hydrogen-bond acceptors (Lipinski definition) is 5. The number of benzene rings is 2. The summed E-state index contributed by atoms with van der Waals surface area (Å²) in [4.78, 5) is 29.0. The molecule has 0 atom stereocenters. The summed E-state index contributed by atoms with van der Waals surface area (Å²) in [6.07, 6.45) is 23.1. The maximum atomic E-state index is 12.6. The largest absolute Gasteiger partial charge is 0.478 e. The zero-order valence-corrected chi connectivity index (χ0v) is 28.4. The Morgan fingerprint density at radius 1 is 0.761 bits per heavy atom. The van der Waals surface area contributed by atoms with Gasteiger partial charge in [0, 0.05) is 18.7 Å². The Labute approximate surface area is 277 Å². The first-order valence-corrected chi connectivity index (χ1v) is 17.9. The van der Waals surface area contributed by atoms with Gasteiger partial charge in [-0.05, 0) is 42.7 Å². The molecule has 1 heterocycles. The average molecular weight is 632 g/mol. The predicted molar refractivity (Wildman–Crippen MR) is 188 cm³/mol. The Balaban J connectivity index is 1.38. The minimum absolute atomic E-state index is 0.242. The van der Waals surface area contributed by atoms with Crippen molar-refractivity contribution >= 4 is 17.6 Å². The van der Waals surface area contributed by atoms with Crippen LogP contribution in [0, 0.1) is 0 Å². The highest BCUT2D eigenvalue weighted by molar-refractivity contribution is 5.94. The van der Waals surface area contributed by atoms with E-state index in [-0.39, 0.29) is 11.5 Å². The second-order valence-electron chi connectivity index (χ2n) is 12.5. The Kier molecular flexibility index (Phi) is 17.6. The van der Waals surface area contributed by atoms with E-state index in [0.717, 1.165) is 49.2 Å². The number of nitrogens with one attached hydrogen (secondary N) is 1. The summed E-state index contributed by atoms with van der Waals surface area (Å²) in [6.45, 7) is 5.97. The molecule has 2 N–H and O–H groups in total. The molecule has 252 valence electrons. The van der Waals surface area contributed by atoms with Crippen LogP contribution in [-0.4, -0.2) is 33.2 Å². The lowest BCUT2D eigenvalue weighted by atomic mass is 10.0. The molecule has 0 bridgehead atoms. The van der Waals surface area contributed by atoms with E-state index in [1.807, 2.05) is 36.5 Å². The number of carboxylic acid groups (broad SMARTS) is 1. The van der Waals surface area contributed by atoms with Crippen LogP contribution in [0.4, 0.5) is 5.69 Å². The van der Waals surface area contributed by atoms with Crippen LogP contribution in [0.2, 0.25) is 0 Å². The number of aromatic nitrogens is 2. The number of esters is 1. The summed E-state index contributed by atoms with van der Waals surface area (Å²) in [5, 5.41) is 12.8. The second-order valence-corrected chi connectivity index (χ2v) is 12.5. The topological polar surface area (TPSA) is 93.5 Å². The van der Waals surface area contributed by atoms with Gasteiger partial charge in [0.25, 0.3) is 0 Å². The smallest absolute Gasteiger partial charge is 0.338 e. The van der Waals surface area contributed by atoms with Crippen molar-refractivity contribution in [2.24, 2.45) is 0 Å². The van der Waals surface area contributed by atoms with Gasteiger partial charge >= 0.3 is 11.9 Å². The van der Waals surface area contributed by atoms with Crippen molar-refractivity contribution in [3.63, 3.8) is 0 Å². The molecule has 0 spiro atoms. The predicted octanol–water partition coefficient (Wildman–Crippen LogP) is 10.2. The Hall–Kier alpha value is -3.61. The molecule has 0 aliphatic heterocycles. The van der Waals surface area contributed by atoms with Crippen LogP contribution in [-0.2, 0) is 24.2 Å². The molecule has 0 amide bonds. The van der Waals surface area contributed by atoms with E-state index in [2.05, 4.69) is 28.7 Å². The zero-order chi connectivity index (χ0) is 32.8. The minimum Gasteiger partial charge on any atom is -0.478 e. The number of hydrogen-bond donors (Lipinski definition) is 2. The summed E-state index contributed by atoms with van der Waals surface area (Å²) in [6, 6.07) is 14.6. The second kappa shape index (κ2) is 22.0. The lowest BCUT2D eigenvalue weighted by Crippen LogP contribution is -2.13. The molecule has 3 rings (SSSR count). The molecule has 0 radical (unpaired) electrons. The number of para-hydroxylation sites is 1. The first-order chi connectivity index (χ1) is 22.5. The fourth-order valence-electron chi connectivity index (χ4n) is 5.81. The number of ether oxygens (including phenoxy) is 1. The molecule has 7 nitrogen and oxygen atoms in total. The number of carboxylic acids is 1. The minimum atomic E-state index is -0.960. The standard InChI is InChI=1S/C39H57N3O4/c1-3-5-7-8-9-10-11-12-13-14-15-16-17-20-28-46-39(45)33-26-24-32(25-27-33)31-42-34(30-41-37(42)23-6-4-2)29-40-36-22-19-18-21-35(36)38(43)44/h18-19,21-22,24-27,30,40H,3-17,20,23,28-29,31H2,1-2H3,(H,43,44). The van der Waals surface area contributed by atoms with Crippen molar-refractivity contribution in [3.8, 4) is 0 Å². The molecule has 3 aromatic rings. The normalized spacial score (nSPS) is 11.1. The van der Waals surface area contributed by atoms with E-state index in [1.165, 1.54) is 77.0 Å². The van der Waals surface area contributed by atoms with Crippen LogP contribution < -0.4 is 5.32 Å². The lowest BCUT2D eigenvalue weighted by Gasteiger charge is -2.15. The van der Waals surface area contributed by atoms with Crippen LogP contribution in [0.15, 0.2) is 54.7 Å². The average Bonchev–Trinajstić information content (AvgIpc) is 3.45. The molecule has 0 aliphatic rings. The van der Waals surface area contributed by atoms with E-state index in [4.69, 9.17) is 4.74 Å². The van der Waals surface area contributed by atoms with E-state index in [0.29, 0.717) is 30.9 Å². The Morgan fingerprint density at radius 2 is 1.35 bits per heavy atom. The van der Waals surface area contributed by atoms with Gasteiger partial charge in [-0.1, -0.05) is 128 Å². The number of aryl methyl sites for hydroxylation is 1. The molecule has 0 aliphatic carbocycles. The van der Waals surface area contributed by atoms with E-state index < -0.39 is 5.97 Å². The molecule has 0 saturated heterocycles. The van der Waals surface area contributed by atoms with E-state index >= 15 is 0 Å². The summed E-state index contributed by atoms with van der Waals surface area (Å²) >= 11 is 0. The summed E-state index contributed by atoms with van der Waals surface area (Å²) in [5.41, 5.74) is 3.42. The fourth-order valence-corrected chi connectivity index (χ4v) is 5.81. The van der Waals surface area contributed by atoms with E-state index in [9.17, 15) is 14.7 Å². The SMILES string of the molecule is CCCCCCCCCCCCCCCCOC(=O)c1ccc(Cn2c(CNc3ccccc3C(=O)O)cnc2CCCC)cc1. The highest BCUT2D eigenvalue weighted by atomic mass is 16.5. The van der Waals surface area contributed by atoms with Gasteiger partial charge in [-0.3, -0.25) is 0 Å². The highest BCUT2D eigenvalue weighted by Crippen LogP contribution is 2.19. The van der Waals surface area contributed by atoms with E-state index in [1.54, 1.807) is 18.2 Å². The number of imidazole rings is 1. The lowest BCUT2D eigenvalue weighted by molar-refractivity contribution is 0.0497. The summed E-state index contributed by atoms with van der Waals surface area (Å²) in [7, 11) is 0. The van der Waals surface area contributed by atoms with Crippen molar-refractivity contribution in [3.05, 3.63) is 82.9 Å². The molecular weight excluding hydrogens is 574 g/mol. The van der Waals surface area contributed by atoms with Crippen molar-refractivity contribution in [2.75, 3.05) is 11.9 Å². The first kappa shape index (κ1) is 36.9. The van der Waals surface area contributed by atoms with Gasteiger partial charge in [0.15, 0.2) is 0 Å². The molecule has 7 heteroatoms. The fraction of sp³-hybridized carbons (Fsp3) is 0.564. The zero-order valence-electron chi connectivity index (χ0n) is 28.4. The van der Waals surface area contributed by atoms with Crippen molar-refractivity contribution in [1.29, 1.82) is 0 Å². The Bertz CT molecular complexity index is 1280. The molecular formula is C39H57N3O4. The van der Waals surface area contributed by atoms with Gasteiger partial charge in [0.1, 0.15) is 5.82 Å².